The number of anilines is 2. The van der Waals surface area contributed by atoms with Crippen molar-refractivity contribution in [1.29, 1.82) is 0 Å². The van der Waals surface area contributed by atoms with Gasteiger partial charge in [0, 0.05) is 0 Å². The average molecular weight is 465 g/mol. The van der Waals surface area contributed by atoms with Crippen molar-refractivity contribution in [3.05, 3.63) is 77.6 Å². The van der Waals surface area contributed by atoms with Crippen molar-refractivity contribution in [2.45, 2.75) is 23.6 Å². The molecule has 0 radical (unpaired) electrons. The van der Waals surface area contributed by atoms with Gasteiger partial charge >= 0.3 is 0 Å². The van der Waals surface area contributed by atoms with Crippen LogP contribution in [0.1, 0.15) is 11.1 Å². The lowest BCUT2D eigenvalue weighted by Gasteiger charge is -2.15. The number of hydrogen-bond donors (Lipinski definition) is 2. The van der Waals surface area contributed by atoms with Crippen LogP contribution in [0.25, 0.3) is 0 Å². The number of halogens is 1. The predicted octanol–water partition coefficient (Wildman–Crippen LogP) is 4.05. The summed E-state index contributed by atoms with van der Waals surface area (Å²) < 4.78 is 74.8. The van der Waals surface area contributed by atoms with E-state index < -0.39 is 25.9 Å². The molecular weight excluding hydrogens is 443 g/mol. The Balaban J connectivity index is 1.96. The summed E-state index contributed by atoms with van der Waals surface area (Å²) in [6, 6.07) is 14.0. The summed E-state index contributed by atoms with van der Waals surface area (Å²) in [6.07, 6.45) is 0. The first-order chi connectivity index (χ1) is 14.5. The number of hydrogen-bond acceptors (Lipinski definition) is 5. The van der Waals surface area contributed by atoms with E-state index in [0.717, 1.165) is 18.2 Å². The molecule has 10 heteroatoms. The monoisotopic (exact) mass is 464 g/mol. The van der Waals surface area contributed by atoms with Crippen LogP contribution in [-0.4, -0.2) is 23.9 Å². The lowest BCUT2D eigenvalue weighted by Crippen LogP contribution is -2.17. The fraction of sp³-hybridized carbons (Fsp3) is 0.143. The van der Waals surface area contributed by atoms with Gasteiger partial charge in [0.05, 0.1) is 28.3 Å². The maximum absolute atomic E-state index is 13.3. The standard InChI is InChI=1S/C21H21FN2O5S2/c1-14-8-10-17(23-30(25,26)20-11-9-16(22)12-15(20)2)13-21(14)31(27,28)24-18-6-4-5-7-19(18)29-3/h4-13,23-24H,1-3H3. The first-order valence-corrected chi connectivity index (χ1v) is 12.1. The van der Waals surface area contributed by atoms with Gasteiger partial charge in [-0.15, -0.1) is 0 Å². The molecule has 7 nitrogen and oxygen atoms in total. The zero-order chi connectivity index (χ0) is 22.8. The normalized spacial score (nSPS) is 11.7. The number of benzene rings is 3. The third-order valence-electron chi connectivity index (χ3n) is 4.51. The summed E-state index contributed by atoms with van der Waals surface area (Å²) in [6.45, 7) is 3.07. The molecule has 164 valence electrons. The molecule has 0 aromatic heterocycles. The molecule has 31 heavy (non-hydrogen) atoms. The van der Waals surface area contributed by atoms with Gasteiger partial charge in [0.25, 0.3) is 20.0 Å². The van der Waals surface area contributed by atoms with Gasteiger partial charge in [-0.05, 0) is 67.4 Å². The van der Waals surface area contributed by atoms with Crippen molar-refractivity contribution < 1.29 is 26.0 Å². The molecule has 0 spiro atoms. The fourth-order valence-corrected chi connectivity index (χ4v) is 5.63. The molecule has 0 bridgehead atoms. The molecule has 3 aromatic carbocycles. The van der Waals surface area contributed by atoms with Gasteiger partial charge < -0.3 is 4.74 Å². The Bertz CT molecular complexity index is 1340. The molecule has 0 amide bonds. The van der Waals surface area contributed by atoms with E-state index in [4.69, 9.17) is 4.74 Å². The van der Waals surface area contributed by atoms with Crippen molar-refractivity contribution in [2.75, 3.05) is 16.6 Å². The molecule has 0 fully saturated rings. The highest BCUT2D eigenvalue weighted by Crippen LogP contribution is 2.29. The first kappa shape index (κ1) is 22.6. The molecule has 0 aliphatic rings. The summed E-state index contributed by atoms with van der Waals surface area (Å²) in [5, 5.41) is 0. The second-order valence-corrected chi connectivity index (χ2v) is 10.1. The number of ether oxygens (including phenoxy) is 1. The van der Waals surface area contributed by atoms with Crippen molar-refractivity contribution in [3.8, 4) is 5.75 Å². The van der Waals surface area contributed by atoms with E-state index in [9.17, 15) is 21.2 Å². The number of sulfonamides is 2. The molecule has 0 atom stereocenters. The molecular formula is C21H21FN2O5S2. The van der Waals surface area contributed by atoms with Crippen LogP contribution in [0.2, 0.25) is 0 Å². The van der Waals surface area contributed by atoms with Crippen LogP contribution in [0.4, 0.5) is 15.8 Å². The molecule has 3 aromatic rings. The van der Waals surface area contributed by atoms with Gasteiger partial charge in [-0.25, -0.2) is 21.2 Å². The summed E-state index contributed by atoms with van der Waals surface area (Å²) in [4.78, 5) is -0.208. The summed E-state index contributed by atoms with van der Waals surface area (Å²) in [5.74, 6) is -0.213. The largest absolute Gasteiger partial charge is 0.495 e. The second-order valence-electron chi connectivity index (χ2n) is 6.80. The Morgan fingerprint density at radius 1 is 0.774 bits per heavy atom. The molecule has 0 saturated carbocycles. The van der Waals surface area contributed by atoms with Crippen LogP contribution >= 0.6 is 0 Å². The Hall–Kier alpha value is -3.11. The van der Waals surface area contributed by atoms with Crippen LogP contribution in [0.15, 0.2) is 70.5 Å². The average Bonchev–Trinajstić information content (AvgIpc) is 2.69. The number of methoxy groups -OCH3 is 1. The highest BCUT2D eigenvalue weighted by Gasteiger charge is 2.22. The van der Waals surface area contributed by atoms with E-state index in [1.807, 2.05) is 0 Å². The Labute approximate surface area is 181 Å². The van der Waals surface area contributed by atoms with Crippen LogP contribution < -0.4 is 14.2 Å². The Kier molecular flexibility index (Phi) is 6.23. The molecule has 0 aliphatic heterocycles. The van der Waals surface area contributed by atoms with Crippen LogP contribution in [-0.2, 0) is 20.0 Å². The third kappa shape index (κ3) is 4.97. The lowest BCUT2D eigenvalue weighted by atomic mass is 10.2. The maximum atomic E-state index is 13.3. The predicted molar refractivity (Wildman–Crippen MR) is 117 cm³/mol. The second kappa shape index (κ2) is 8.56. The van der Waals surface area contributed by atoms with E-state index in [1.54, 1.807) is 31.2 Å². The Morgan fingerprint density at radius 2 is 1.45 bits per heavy atom. The minimum absolute atomic E-state index is 0.0507. The van der Waals surface area contributed by atoms with Gasteiger partial charge in [0.2, 0.25) is 0 Å². The van der Waals surface area contributed by atoms with Crippen LogP contribution in [0.5, 0.6) is 5.75 Å². The molecule has 0 aliphatic carbocycles. The molecule has 3 rings (SSSR count). The third-order valence-corrected chi connectivity index (χ3v) is 7.56. The zero-order valence-electron chi connectivity index (χ0n) is 17.0. The quantitative estimate of drug-likeness (QED) is 0.549. The molecule has 0 unspecified atom stereocenters. The number of aryl methyl sites for hydroxylation is 2. The highest BCUT2D eigenvalue weighted by atomic mass is 32.2. The van der Waals surface area contributed by atoms with E-state index >= 15 is 0 Å². The molecule has 0 saturated heterocycles. The summed E-state index contributed by atoms with van der Waals surface area (Å²) >= 11 is 0. The van der Waals surface area contributed by atoms with E-state index in [1.165, 1.54) is 32.2 Å². The topological polar surface area (TPSA) is 102 Å². The van der Waals surface area contributed by atoms with Crippen molar-refractivity contribution in [3.63, 3.8) is 0 Å². The van der Waals surface area contributed by atoms with Gasteiger partial charge in [-0.2, -0.15) is 0 Å². The van der Waals surface area contributed by atoms with E-state index in [2.05, 4.69) is 9.44 Å². The van der Waals surface area contributed by atoms with E-state index in [-0.39, 0.29) is 26.7 Å². The van der Waals surface area contributed by atoms with Crippen molar-refractivity contribution in [1.82, 2.24) is 0 Å². The summed E-state index contributed by atoms with van der Waals surface area (Å²) in [5.41, 5.74) is 0.945. The minimum Gasteiger partial charge on any atom is -0.495 e. The Morgan fingerprint density at radius 3 is 2.13 bits per heavy atom. The first-order valence-electron chi connectivity index (χ1n) is 9.09. The molecule has 2 N–H and O–H groups in total. The van der Waals surface area contributed by atoms with Gasteiger partial charge in [-0.1, -0.05) is 18.2 Å². The summed E-state index contributed by atoms with van der Waals surface area (Å²) in [7, 11) is -6.68. The van der Waals surface area contributed by atoms with Gasteiger partial charge in [0.15, 0.2) is 0 Å². The van der Waals surface area contributed by atoms with Crippen molar-refractivity contribution >= 4 is 31.4 Å². The number of para-hydroxylation sites is 2. The van der Waals surface area contributed by atoms with Crippen LogP contribution in [0.3, 0.4) is 0 Å². The maximum Gasteiger partial charge on any atom is 0.262 e. The van der Waals surface area contributed by atoms with Gasteiger partial charge in [0.1, 0.15) is 11.6 Å². The van der Waals surface area contributed by atoms with Crippen LogP contribution in [0, 0.1) is 19.7 Å². The zero-order valence-corrected chi connectivity index (χ0v) is 18.6. The fourth-order valence-electron chi connectivity index (χ4n) is 3.01. The van der Waals surface area contributed by atoms with Gasteiger partial charge in [-0.3, -0.25) is 9.44 Å². The smallest absolute Gasteiger partial charge is 0.262 e. The van der Waals surface area contributed by atoms with Crippen molar-refractivity contribution in [2.24, 2.45) is 0 Å². The molecule has 0 heterocycles. The lowest BCUT2D eigenvalue weighted by molar-refractivity contribution is 0.417. The number of rotatable bonds is 7. The van der Waals surface area contributed by atoms with E-state index in [0.29, 0.717) is 11.3 Å². The number of nitrogens with one attached hydrogen (secondary N) is 2. The highest BCUT2D eigenvalue weighted by molar-refractivity contribution is 7.93. The minimum atomic E-state index is -4.06. The SMILES string of the molecule is COc1ccccc1NS(=O)(=O)c1cc(NS(=O)(=O)c2ccc(F)cc2C)ccc1C.